The first kappa shape index (κ1) is 20.1. The topological polar surface area (TPSA) is 66.9 Å². The van der Waals surface area contributed by atoms with E-state index in [4.69, 9.17) is 4.74 Å². The Kier molecular flexibility index (Phi) is 8.73. The predicted octanol–water partition coefficient (Wildman–Crippen LogP) is 2.12. The van der Waals surface area contributed by atoms with E-state index in [1.807, 2.05) is 27.8 Å². The zero-order valence-electron chi connectivity index (χ0n) is 13.4. The largest absolute Gasteiger partial charge is 0.379 e. The van der Waals surface area contributed by atoms with Crippen molar-refractivity contribution < 1.29 is 19.1 Å². The van der Waals surface area contributed by atoms with Gasteiger partial charge in [-0.3, -0.25) is 14.4 Å². The van der Waals surface area contributed by atoms with Crippen molar-refractivity contribution in [1.29, 1.82) is 0 Å². The molecule has 0 radical (unpaired) electrons. The lowest BCUT2D eigenvalue weighted by atomic mass is 10.2. The highest BCUT2D eigenvalue weighted by atomic mass is 79.9. The fourth-order valence-electron chi connectivity index (χ4n) is 1.33. The summed E-state index contributed by atoms with van der Waals surface area (Å²) in [5, 5.41) is 0. The minimum atomic E-state index is -0.144. The van der Waals surface area contributed by atoms with Gasteiger partial charge in [-0.2, -0.15) is 0 Å². The number of imide groups is 1. The molecule has 0 saturated carbocycles. The summed E-state index contributed by atoms with van der Waals surface area (Å²) in [4.78, 5) is 33.1. The Morgan fingerprint density at radius 3 is 1.52 bits per heavy atom. The van der Waals surface area contributed by atoms with Gasteiger partial charge in [-0.15, -0.1) is 0 Å². The van der Waals surface area contributed by atoms with E-state index in [0.717, 1.165) is 23.3 Å². The molecule has 7 heteroatoms. The Labute approximate surface area is 135 Å². The molecule has 0 spiro atoms. The van der Waals surface area contributed by atoms with E-state index in [2.05, 4.69) is 16.1 Å². The Balaban J connectivity index is 0.000000290. The van der Waals surface area contributed by atoms with Crippen LogP contribution in [-0.2, 0) is 19.1 Å². The molecule has 122 valence electrons. The summed E-state index contributed by atoms with van der Waals surface area (Å²) in [5.41, 5.74) is 0.0417. The number of carbonyl (C=O) groups excluding carboxylic acids is 3. The van der Waals surface area contributed by atoms with Crippen molar-refractivity contribution in [2.24, 2.45) is 0 Å². The summed E-state index contributed by atoms with van der Waals surface area (Å²) in [7, 11) is 3.55. The van der Waals surface area contributed by atoms with Gasteiger partial charge in [0.05, 0.1) is 21.7 Å². The summed E-state index contributed by atoms with van der Waals surface area (Å²) < 4.78 is 5.92. The van der Waals surface area contributed by atoms with Gasteiger partial charge in [0.15, 0.2) is 0 Å². The molecule has 0 bridgehead atoms. The maximum absolute atomic E-state index is 10.5. The highest BCUT2D eigenvalue weighted by molar-refractivity contribution is 9.08. The van der Waals surface area contributed by atoms with Gasteiger partial charge in [0.2, 0.25) is 17.7 Å². The van der Waals surface area contributed by atoms with Gasteiger partial charge < -0.3 is 9.64 Å². The number of hydrogen-bond donors (Lipinski definition) is 0. The fourth-order valence-corrected chi connectivity index (χ4v) is 1.69. The van der Waals surface area contributed by atoms with Crippen LogP contribution in [0.25, 0.3) is 0 Å². The van der Waals surface area contributed by atoms with Crippen molar-refractivity contribution in [2.75, 3.05) is 20.7 Å². The number of ether oxygens (including phenoxy) is 1. The Hall–Kier alpha value is -0.950. The van der Waals surface area contributed by atoms with Crippen molar-refractivity contribution in [1.82, 2.24) is 8.83 Å². The van der Waals surface area contributed by atoms with Crippen LogP contribution in [0.2, 0.25) is 0 Å². The SMILES string of the molecule is CN1CCCC1=O.COC(C)(C)C.O=C1CCC(=O)N1Br. The van der Waals surface area contributed by atoms with E-state index < -0.39 is 0 Å². The number of likely N-dealkylation sites (tertiary alicyclic amines) is 1. The minimum absolute atomic E-state index is 0.0417. The second-order valence-electron chi connectivity index (χ2n) is 5.80. The van der Waals surface area contributed by atoms with Gasteiger partial charge in [0.25, 0.3) is 0 Å². The summed E-state index contributed by atoms with van der Waals surface area (Å²) in [6.45, 7) is 7.02. The molecule has 6 nitrogen and oxygen atoms in total. The van der Waals surface area contributed by atoms with E-state index in [-0.39, 0.29) is 17.4 Å². The van der Waals surface area contributed by atoms with Gasteiger partial charge in [-0.25, -0.2) is 3.93 Å². The lowest BCUT2D eigenvalue weighted by molar-refractivity contribution is -0.131. The van der Waals surface area contributed by atoms with Crippen molar-refractivity contribution in [3.63, 3.8) is 0 Å². The van der Waals surface area contributed by atoms with Gasteiger partial charge in [0, 0.05) is 40.0 Å². The Morgan fingerprint density at radius 1 is 1.00 bits per heavy atom. The van der Waals surface area contributed by atoms with E-state index in [9.17, 15) is 14.4 Å². The Morgan fingerprint density at radius 2 is 1.43 bits per heavy atom. The molecule has 2 saturated heterocycles. The van der Waals surface area contributed by atoms with Crippen LogP contribution in [0.5, 0.6) is 0 Å². The first-order valence-corrected chi connectivity index (χ1v) is 7.60. The lowest BCUT2D eigenvalue weighted by Gasteiger charge is -2.14. The molecule has 0 unspecified atom stereocenters. The normalized spacial score (nSPS) is 18.3. The maximum Gasteiger partial charge on any atom is 0.239 e. The summed E-state index contributed by atoms with van der Waals surface area (Å²) in [6, 6.07) is 0. The van der Waals surface area contributed by atoms with E-state index in [1.54, 1.807) is 12.0 Å². The average molecular weight is 365 g/mol. The van der Waals surface area contributed by atoms with E-state index >= 15 is 0 Å². The van der Waals surface area contributed by atoms with E-state index in [0.29, 0.717) is 18.7 Å². The van der Waals surface area contributed by atoms with Crippen LogP contribution in [-0.4, -0.2) is 52.9 Å². The first-order chi connectivity index (χ1) is 9.58. The van der Waals surface area contributed by atoms with Crippen LogP contribution in [0.4, 0.5) is 0 Å². The second-order valence-corrected chi connectivity index (χ2v) is 6.51. The van der Waals surface area contributed by atoms with Crippen LogP contribution >= 0.6 is 16.1 Å². The number of amides is 3. The molecule has 0 aromatic rings. The number of nitrogens with zero attached hydrogens (tertiary/aromatic N) is 2. The molecule has 0 aromatic carbocycles. The molecule has 2 rings (SSSR count). The summed E-state index contributed by atoms with van der Waals surface area (Å²) >= 11 is 2.80. The number of methoxy groups -OCH3 is 1. The molecule has 21 heavy (non-hydrogen) atoms. The van der Waals surface area contributed by atoms with Gasteiger partial charge in [-0.1, -0.05) is 0 Å². The molecule has 3 amide bonds. The standard InChI is InChI=1S/C5H9NO.C5H12O.C4H4BrNO2/c1-6-4-2-3-5(6)7;1-5(2,3)6-4;5-6-3(7)1-2-4(6)8/h2-4H2,1H3;1-4H3;1-2H2. The fraction of sp³-hybridized carbons (Fsp3) is 0.786. The smallest absolute Gasteiger partial charge is 0.239 e. The molecule has 2 aliphatic rings. The summed E-state index contributed by atoms with van der Waals surface area (Å²) in [5.74, 6) is 0.00463. The van der Waals surface area contributed by atoms with Crippen molar-refractivity contribution in [2.45, 2.75) is 52.1 Å². The maximum atomic E-state index is 10.5. The Bertz CT molecular complexity index is 364. The number of carbonyl (C=O) groups is 3. The first-order valence-electron chi connectivity index (χ1n) is 6.89. The van der Waals surface area contributed by atoms with Crippen LogP contribution in [0.1, 0.15) is 46.5 Å². The van der Waals surface area contributed by atoms with Crippen molar-refractivity contribution >= 4 is 33.9 Å². The quantitative estimate of drug-likeness (QED) is 0.487. The van der Waals surface area contributed by atoms with Crippen LogP contribution in [0.15, 0.2) is 0 Å². The van der Waals surface area contributed by atoms with Gasteiger partial charge in [0.1, 0.15) is 0 Å². The highest BCUT2D eigenvalue weighted by Crippen LogP contribution is 2.14. The minimum Gasteiger partial charge on any atom is -0.379 e. The number of halogens is 1. The number of hydrogen-bond acceptors (Lipinski definition) is 4. The molecule has 0 atom stereocenters. The molecular formula is C14H25BrN2O4. The molecule has 0 aromatic heterocycles. The second kappa shape index (κ2) is 9.15. The molecule has 2 heterocycles. The number of rotatable bonds is 0. The molecule has 2 fully saturated rings. The molecular weight excluding hydrogens is 340 g/mol. The molecule has 0 N–H and O–H groups in total. The monoisotopic (exact) mass is 364 g/mol. The van der Waals surface area contributed by atoms with Crippen LogP contribution < -0.4 is 0 Å². The van der Waals surface area contributed by atoms with E-state index in [1.165, 1.54) is 0 Å². The predicted molar refractivity (Wildman–Crippen MR) is 83.6 cm³/mol. The van der Waals surface area contributed by atoms with Gasteiger partial charge >= 0.3 is 0 Å². The molecule has 0 aliphatic carbocycles. The van der Waals surface area contributed by atoms with Crippen molar-refractivity contribution in [3.05, 3.63) is 0 Å². The summed E-state index contributed by atoms with van der Waals surface area (Å²) in [6.07, 6.45) is 2.51. The third kappa shape index (κ3) is 8.83. The van der Waals surface area contributed by atoms with Gasteiger partial charge in [-0.05, 0) is 27.2 Å². The third-order valence-electron chi connectivity index (χ3n) is 2.91. The lowest BCUT2D eigenvalue weighted by Crippen LogP contribution is -2.17. The van der Waals surface area contributed by atoms with Crippen LogP contribution in [0, 0.1) is 0 Å². The third-order valence-corrected chi connectivity index (χ3v) is 3.70. The zero-order valence-corrected chi connectivity index (χ0v) is 15.0. The molecule has 2 aliphatic heterocycles. The average Bonchev–Trinajstić information content (AvgIpc) is 2.91. The van der Waals surface area contributed by atoms with Crippen LogP contribution in [0.3, 0.4) is 0 Å². The zero-order chi connectivity index (χ0) is 16.6. The van der Waals surface area contributed by atoms with Crippen molar-refractivity contribution in [3.8, 4) is 0 Å². The highest BCUT2D eigenvalue weighted by Gasteiger charge is 2.26.